The van der Waals surface area contributed by atoms with Crippen molar-refractivity contribution in [2.45, 2.75) is 57.4 Å². The van der Waals surface area contributed by atoms with E-state index in [0.29, 0.717) is 29.9 Å². The van der Waals surface area contributed by atoms with E-state index >= 15 is 0 Å². The van der Waals surface area contributed by atoms with Crippen molar-refractivity contribution in [3.63, 3.8) is 0 Å². The van der Waals surface area contributed by atoms with E-state index in [1.165, 1.54) is 12.8 Å². The van der Waals surface area contributed by atoms with E-state index in [1.807, 2.05) is 4.90 Å². The third-order valence-corrected chi connectivity index (χ3v) is 6.24. The van der Waals surface area contributed by atoms with Gasteiger partial charge in [-0.15, -0.1) is 0 Å². The molecule has 7 nitrogen and oxygen atoms in total. The molecule has 0 aromatic carbocycles. The van der Waals surface area contributed by atoms with Gasteiger partial charge in [-0.3, -0.25) is 14.7 Å². The Hall–Kier alpha value is -2.05. The van der Waals surface area contributed by atoms with Crippen LogP contribution in [0.1, 0.15) is 61.9 Å². The van der Waals surface area contributed by atoms with Gasteiger partial charge in [0, 0.05) is 43.6 Å². The van der Waals surface area contributed by atoms with Gasteiger partial charge in [-0.25, -0.2) is 0 Å². The average Bonchev–Trinajstić information content (AvgIpc) is 3.28. The molecule has 136 valence electrons. The molecule has 7 heteroatoms. The molecule has 0 unspecified atom stereocenters. The quantitative estimate of drug-likeness (QED) is 0.854. The number of carbonyl (C=O) groups excluding carboxylic acids is 2. The zero-order valence-electron chi connectivity index (χ0n) is 14.7. The molecule has 1 spiro atoms. The van der Waals surface area contributed by atoms with Crippen LogP contribution in [0, 0.1) is 5.41 Å². The lowest BCUT2D eigenvalue weighted by atomic mass is 9.73. The molecule has 25 heavy (non-hydrogen) atoms. The maximum atomic E-state index is 12.8. The molecule has 1 aromatic heterocycles. The first-order valence-corrected chi connectivity index (χ1v) is 9.46. The second kappa shape index (κ2) is 6.35. The zero-order chi connectivity index (χ0) is 17.4. The minimum atomic E-state index is -0.0346. The van der Waals surface area contributed by atoms with Gasteiger partial charge < -0.3 is 15.5 Å². The summed E-state index contributed by atoms with van der Waals surface area (Å²) in [5, 5.41) is 6.59. The largest absolute Gasteiger partial charge is 0.382 e. The Labute approximate surface area is 147 Å². The fraction of sp³-hybridized carbons (Fsp3) is 0.722. The van der Waals surface area contributed by atoms with Crippen LogP contribution in [0.3, 0.4) is 0 Å². The molecule has 3 N–H and O–H groups in total. The lowest BCUT2D eigenvalue weighted by molar-refractivity contribution is -0.142. The Morgan fingerprint density at radius 1 is 1.24 bits per heavy atom. The van der Waals surface area contributed by atoms with Crippen molar-refractivity contribution in [1.82, 2.24) is 20.0 Å². The maximum absolute atomic E-state index is 12.8. The number of nitrogens with one attached hydrogen (secondary N) is 1. The van der Waals surface area contributed by atoms with Crippen LogP contribution in [0.25, 0.3) is 0 Å². The molecule has 1 atom stereocenters. The van der Waals surface area contributed by atoms with E-state index in [1.54, 1.807) is 6.07 Å². The van der Waals surface area contributed by atoms with Crippen molar-refractivity contribution in [2.75, 3.05) is 25.4 Å². The lowest BCUT2D eigenvalue weighted by Crippen LogP contribution is -2.56. The van der Waals surface area contributed by atoms with Gasteiger partial charge in [-0.05, 0) is 32.1 Å². The summed E-state index contributed by atoms with van der Waals surface area (Å²) in [5.74, 6) is 0.612. The number of piperidine rings is 2. The predicted molar refractivity (Wildman–Crippen MR) is 93.8 cm³/mol. The van der Waals surface area contributed by atoms with Crippen LogP contribution >= 0.6 is 0 Å². The fourth-order valence-corrected chi connectivity index (χ4v) is 4.92. The molecule has 3 heterocycles. The van der Waals surface area contributed by atoms with Crippen molar-refractivity contribution in [2.24, 2.45) is 5.41 Å². The summed E-state index contributed by atoms with van der Waals surface area (Å²) in [6.45, 7) is 2.30. The summed E-state index contributed by atoms with van der Waals surface area (Å²) >= 11 is 0. The van der Waals surface area contributed by atoms with Crippen LogP contribution in [-0.2, 0) is 4.79 Å². The summed E-state index contributed by atoms with van der Waals surface area (Å²) in [4.78, 5) is 29.3. The van der Waals surface area contributed by atoms with Gasteiger partial charge in [-0.1, -0.05) is 12.8 Å². The molecular formula is C18H27N5O2. The first-order chi connectivity index (χ1) is 12.1. The number of H-pyrrole nitrogens is 1. The van der Waals surface area contributed by atoms with E-state index in [4.69, 9.17) is 5.73 Å². The lowest BCUT2D eigenvalue weighted by Gasteiger charge is -2.49. The molecule has 2 saturated heterocycles. The van der Waals surface area contributed by atoms with Gasteiger partial charge in [0.05, 0.1) is 0 Å². The molecule has 4 rings (SSSR count). The number of nitrogen functional groups attached to an aromatic ring is 1. The number of rotatable bonds is 2. The van der Waals surface area contributed by atoms with E-state index in [2.05, 4.69) is 15.1 Å². The number of carbonyl (C=O) groups is 2. The number of hydrogen-bond acceptors (Lipinski definition) is 4. The zero-order valence-corrected chi connectivity index (χ0v) is 14.7. The smallest absolute Gasteiger partial charge is 0.271 e. The van der Waals surface area contributed by atoms with E-state index in [-0.39, 0.29) is 11.3 Å². The normalized spacial score (nSPS) is 28.1. The van der Waals surface area contributed by atoms with E-state index < -0.39 is 0 Å². The molecule has 1 saturated carbocycles. The van der Waals surface area contributed by atoms with E-state index in [0.717, 1.165) is 51.7 Å². The summed E-state index contributed by atoms with van der Waals surface area (Å²) < 4.78 is 0. The Bertz CT molecular complexity index is 666. The van der Waals surface area contributed by atoms with Crippen molar-refractivity contribution in [3.8, 4) is 0 Å². The van der Waals surface area contributed by atoms with Gasteiger partial charge >= 0.3 is 0 Å². The highest BCUT2D eigenvalue weighted by Gasteiger charge is 2.44. The molecule has 2 aliphatic heterocycles. The number of hydrogen-bond donors (Lipinski definition) is 2. The molecule has 0 radical (unpaired) electrons. The Balaban J connectivity index is 1.49. The number of likely N-dealkylation sites (tertiary alicyclic amines) is 2. The highest BCUT2D eigenvalue weighted by Crippen LogP contribution is 2.41. The molecular weight excluding hydrogens is 318 g/mol. The van der Waals surface area contributed by atoms with Crippen LogP contribution in [0.15, 0.2) is 6.07 Å². The van der Waals surface area contributed by atoms with Gasteiger partial charge in [0.1, 0.15) is 11.5 Å². The van der Waals surface area contributed by atoms with Crippen LogP contribution < -0.4 is 5.73 Å². The first-order valence-electron chi connectivity index (χ1n) is 9.46. The number of amides is 2. The standard InChI is InChI=1S/C18H27N5O2/c19-15-10-14(20-21-15)17(25)22-9-3-7-18(11-22)8-6-16(24)23(12-18)13-4-1-2-5-13/h10,13H,1-9,11-12H2,(H3,19,20,21)/t18-/m0/s1. The van der Waals surface area contributed by atoms with Crippen LogP contribution in [0.4, 0.5) is 5.82 Å². The number of aromatic amines is 1. The van der Waals surface area contributed by atoms with Gasteiger partial charge in [0.15, 0.2) is 0 Å². The fourth-order valence-electron chi connectivity index (χ4n) is 4.92. The second-order valence-corrected chi connectivity index (χ2v) is 8.00. The summed E-state index contributed by atoms with van der Waals surface area (Å²) in [6, 6.07) is 2.02. The van der Waals surface area contributed by atoms with Crippen molar-refractivity contribution in [1.29, 1.82) is 0 Å². The van der Waals surface area contributed by atoms with Crippen LogP contribution in [-0.4, -0.2) is 57.5 Å². The van der Waals surface area contributed by atoms with Gasteiger partial charge in [0.25, 0.3) is 5.91 Å². The third kappa shape index (κ3) is 3.12. The molecule has 3 fully saturated rings. The predicted octanol–water partition coefficient (Wildman–Crippen LogP) is 1.78. The van der Waals surface area contributed by atoms with Crippen molar-refractivity contribution >= 4 is 17.6 Å². The first kappa shape index (κ1) is 16.4. The average molecular weight is 345 g/mol. The molecule has 0 bridgehead atoms. The van der Waals surface area contributed by atoms with Crippen molar-refractivity contribution < 1.29 is 9.59 Å². The Kier molecular flexibility index (Phi) is 4.17. The topological polar surface area (TPSA) is 95.3 Å². The molecule has 1 aromatic rings. The molecule has 3 aliphatic rings. The SMILES string of the molecule is Nc1cc(C(=O)N2CCC[C@]3(CCC(=O)N(C4CCCC4)C3)C2)[nH]n1. The van der Waals surface area contributed by atoms with Crippen LogP contribution in [0.2, 0.25) is 0 Å². The highest BCUT2D eigenvalue weighted by molar-refractivity contribution is 5.93. The monoisotopic (exact) mass is 345 g/mol. The summed E-state index contributed by atoms with van der Waals surface area (Å²) in [6.07, 6.45) is 8.33. The number of anilines is 1. The minimum Gasteiger partial charge on any atom is -0.382 e. The Morgan fingerprint density at radius 2 is 2.04 bits per heavy atom. The summed E-state index contributed by atoms with van der Waals surface area (Å²) in [7, 11) is 0. The minimum absolute atomic E-state index is 0.0346. The van der Waals surface area contributed by atoms with Gasteiger partial charge in [-0.2, -0.15) is 5.10 Å². The number of nitrogens with zero attached hydrogens (tertiary/aromatic N) is 3. The molecule has 1 aliphatic carbocycles. The van der Waals surface area contributed by atoms with Crippen molar-refractivity contribution in [3.05, 3.63) is 11.8 Å². The van der Waals surface area contributed by atoms with Gasteiger partial charge in [0.2, 0.25) is 5.91 Å². The Morgan fingerprint density at radius 3 is 2.76 bits per heavy atom. The van der Waals surface area contributed by atoms with E-state index in [9.17, 15) is 9.59 Å². The maximum Gasteiger partial charge on any atom is 0.271 e. The third-order valence-electron chi connectivity index (χ3n) is 6.24. The van der Waals surface area contributed by atoms with Crippen LogP contribution in [0.5, 0.6) is 0 Å². The second-order valence-electron chi connectivity index (χ2n) is 8.00. The molecule has 2 amide bonds. The number of nitrogens with two attached hydrogens (primary N) is 1. The summed E-state index contributed by atoms with van der Waals surface area (Å²) in [5.41, 5.74) is 6.13. The number of aromatic nitrogens is 2. The highest BCUT2D eigenvalue weighted by atomic mass is 16.2.